The molecule has 2 aromatic carbocycles. The lowest BCUT2D eigenvalue weighted by Crippen LogP contribution is -2.37. The van der Waals surface area contributed by atoms with Crippen LogP contribution in [0.2, 0.25) is 0 Å². The quantitative estimate of drug-likeness (QED) is 0.745. The van der Waals surface area contributed by atoms with Crippen LogP contribution in [0.4, 0.5) is 13.2 Å². The molecule has 28 heavy (non-hydrogen) atoms. The second kappa shape index (κ2) is 7.03. The number of rotatable bonds is 4. The standard InChI is InChI=1S/C20H16F3N3O2/c21-20(22,23)18-9-10-26(25-18)15-7-5-13(6-8-15)12-24-19(27)17-11-14-3-1-2-4-16(14)28-17/h1-10,17H,11-12H2,(H,24,27). The highest BCUT2D eigenvalue weighted by atomic mass is 19.4. The van der Waals surface area contributed by atoms with Crippen molar-refractivity contribution >= 4 is 5.91 Å². The summed E-state index contributed by atoms with van der Waals surface area (Å²) in [6.07, 6.45) is -3.24. The van der Waals surface area contributed by atoms with Crippen molar-refractivity contribution in [2.75, 3.05) is 0 Å². The Kier molecular flexibility index (Phi) is 4.54. The number of aromatic nitrogens is 2. The molecule has 4 rings (SSSR count). The first-order valence-electron chi connectivity index (χ1n) is 8.64. The minimum Gasteiger partial charge on any atom is -0.480 e. The first kappa shape index (κ1) is 18.1. The molecule has 0 aliphatic carbocycles. The van der Waals surface area contributed by atoms with E-state index >= 15 is 0 Å². The summed E-state index contributed by atoms with van der Waals surface area (Å²) in [6.45, 7) is 0.294. The zero-order valence-corrected chi connectivity index (χ0v) is 14.6. The molecule has 1 aromatic heterocycles. The monoisotopic (exact) mass is 387 g/mol. The van der Waals surface area contributed by atoms with Gasteiger partial charge in [0.25, 0.3) is 5.91 Å². The van der Waals surface area contributed by atoms with Crippen LogP contribution in [0.15, 0.2) is 60.8 Å². The fraction of sp³-hybridized carbons (Fsp3) is 0.200. The maximum absolute atomic E-state index is 12.6. The van der Waals surface area contributed by atoms with E-state index in [1.165, 1.54) is 6.20 Å². The Hall–Kier alpha value is -3.29. The van der Waals surface area contributed by atoms with Crippen LogP contribution >= 0.6 is 0 Å². The number of carbonyl (C=O) groups is 1. The third-order valence-corrected chi connectivity index (χ3v) is 4.49. The summed E-state index contributed by atoms with van der Waals surface area (Å²) in [4.78, 5) is 12.3. The van der Waals surface area contributed by atoms with Gasteiger partial charge in [-0.05, 0) is 35.4 Å². The molecule has 1 aliphatic heterocycles. The number of fused-ring (bicyclic) bond motifs is 1. The molecule has 0 radical (unpaired) electrons. The van der Waals surface area contributed by atoms with Gasteiger partial charge >= 0.3 is 6.18 Å². The van der Waals surface area contributed by atoms with Gasteiger partial charge in [-0.15, -0.1) is 0 Å². The molecule has 0 fully saturated rings. The van der Waals surface area contributed by atoms with Crippen LogP contribution in [0, 0.1) is 0 Å². The molecule has 1 aliphatic rings. The van der Waals surface area contributed by atoms with E-state index in [0.29, 0.717) is 18.7 Å². The van der Waals surface area contributed by atoms with Crippen molar-refractivity contribution < 1.29 is 22.7 Å². The predicted octanol–water partition coefficient (Wildman–Crippen LogP) is 3.51. The minimum absolute atomic E-state index is 0.206. The number of nitrogens with one attached hydrogen (secondary N) is 1. The van der Waals surface area contributed by atoms with Crippen LogP contribution in [0.3, 0.4) is 0 Å². The average Bonchev–Trinajstić information content (AvgIpc) is 3.33. The summed E-state index contributed by atoms with van der Waals surface area (Å²) in [5.74, 6) is 0.520. The first-order chi connectivity index (χ1) is 13.4. The fourth-order valence-electron chi connectivity index (χ4n) is 3.02. The Bertz CT molecular complexity index is 971. The molecule has 8 heteroatoms. The number of halogens is 3. The molecular formula is C20H16F3N3O2. The van der Waals surface area contributed by atoms with Gasteiger partial charge in [0.15, 0.2) is 11.8 Å². The maximum atomic E-state index is 12.6. The van der Waals surface area contributed by atoms with Crippen LogP contribution in [0.25, 0.3) is 5.69 Å². The van der Waals surface area contributed by atoms with Crippen molar-refractivity contribution in [1.29, 1.82) is 0 Å². The lowest BCUT2D eigenvalue weighted by Gasteiger charge is -2.11. The molecule has 0 saturated heterocycles. The summed E-state index contributed by atoms with van der Waals surface area (Å²) in [5.41, 5.74) is 1.38. The van der Waals surface area contributed by atoms with Crippen LogP contribution in [-0.2, 0) is 23.9 Å². The number of amides is 1. The van der Waals surface area contributed by atoms with E-state index in [4.69, 9.17) is 4.74 Å². The molecule has 1 atom stereocenters. The van der Waals surface area contributed by atoms with Crippen LogP contribution in [0.5, 0.6) is 5.75 Å². The Labute approximate surface area is 158 Å². The van der Waals surface area contributed by atoms with Gasteiger partial charge < -0.3 is 10.1 Å². The van der Waals surface area contributed by atoms with Crippen molar-refractivity contribution in [2.24, 2.45) is 0 Å². The highest BCUT2D eigenvalue weighted by molar-refractivity contribution is 5.82. The Morgan fingerprint density at radius 3 is 2.57 bits per heavy atom. The zero-order chi connectivity index (χ0) is 19.7. The van der Waals surface area contributed by atoms with Crippen molar-refractivity contribution in [3.63, 3.8) is 0 Å². The lowest BCUT2D eigenvalue weighted by atomic mass is 10.1. The number of para-hydroxylation sites is 1. The van der Waals surface area contributed by atoms with Gasteiger partial charge in [0.1, 0.15) is 5.75 Å². The molecule has 3 aromatic rings. The third kappa shape index (κ3) is 3.71. The molecule has 0 saturated carbocycles. The highest BCUT2D eigenvalue weighted by Gasteiger charge is 2.33. The summed E-state index contributed by atoms with van der Waals surface area (Å²) < 4.78 is 44.7. The third-order valence-electron chi connectivity index (χ3n) is 4.49. The Morgan fingerprint density at radius 1 is 1.14 bits per heavy atom. The normalized spacial score (nSPS) is 15.8. The number of alkyl halides is 3. The van der Waals surface area contributed by atoms with Crippen LogP contribution < -0.4 is 10.1 Å². The summed E-state index contributed by atoms with van der Waals surface area (Å²) in [6, 6.07) is 15.2. The van der Waals surface area contributed by atoms with E-state index in [1.54, 1.807) is 24.3 Å². The summed E-state index contributed by atoms with van der Waals surface area (Å²) in [5, 5.41) is 6.36. The van der Waals surface area contributed by atoms with Crippen molar-refractivity contribution in [1.82, 2.24) is 15.1 Å². The van der Waals surface area contributed by atoms with Crippen LogP contribution in [0.1, 0.15) is 16.8 Å². The maximum Gasteiger partial charge on any atom is 0.435 e. The zero-order valence-electron chi connectivity index (χ0n) is 14.6. The SMILES string of the molecule is O=C(NCc1ccc(-n2ccc(C(F)(F)F)n2)cc1)C1Cc2ccccc2O1. The summed E-state index contributed by atoms with van der Waals surface area (Å²) >= 11 is 0. The molecule has 1 N–H and O–H groups in total. The smallest absolute Gasteiger partial charge is 0.435 e. The molecule has 0 spiro atoms. The molecule has 144 valence electrons. The topological polar surface area (TPSA) is 56.2 Å². The van der Waals surface area contributed by atoms with E-state index < -0.39 is 18.0 Å². The molecule has 0 bridgehead atoms. The van der Waals surface area contributed by atoms with E-state index in [-0.39, 0.29) is 5.91 Å². The van der Waals surface area contributed by atoms with Gasteiger partial charge in [0, 0.05) is 19.2 Å². The number of ether oxygens (including phenoxy) is 1. The minimum atomic E-state index is -4.47. The van der Waals surface area contributed by atoms with Crippen molar-refractivity contribution in [2.45, 2.75) is 25.2 Å². The second-order valence-electron chi connectivity index (χ2n) is 6.45. The lowest BCUT2D eigenvalue weighted by molar-refractivity contribution is -0.141. The van der Waals surface area contributed by atoms with Gasteiger partial charge in [0.05, 0.1) is 5.69 Å². The molecule has 1 amide bonds. The largest absolute Gasteiger partial charge is 0.480 e. The number of hydrogen-bond acceptors (Lipinski definition) is 3. The van der Waals surface area contributed by atoms with E-state index in [2.05, 4.69) is 10.4 Å². The Balaban J connectivity index is 1.35. The van der Waals surface area contributed by atoms with Gasteiger partial charge in [-0.2, -0.15) is 18.3 Å². The first-order valence-corrected chi connectivity index (χ1v) is 8.64. The number of hydrogen-bond donors (Lipinski definition) is 1. The number of nitrogens with zero attached hydrogens (tertiary/aromatic N) is 2. The number of benzene rings is 2. The van der Waals surface area contributed by atoms with Crippen molar-refractivity contribution in [3.05, 3.63) is 77.6 Å². The van der Waals surface area contributed by atoms with Gasteiger partial charge in [-0.3, -0.25) is 4.79 Å². The molecular weight excluding hydrogens is 371 g/mol. The highest BCUT2D eigenvalue weighted by Crippen LogP contribution is 2.29. The molecule has 5 nitrogen and oxygen atoms in total. The van der Waals surface area contributed by atoms with E-state index in [0.717, 1.165) is 27.6 Å². The predicted molar refractivity (Wildman–Crippen MR) is 95.0 cm³/mol. The number of carbonyl (C=O) groups excluding carboxylic acids is 1. The average molecular weight is 387 g/mol. The van der Waals surface area contributed by atoms with E-state index in [1.807, 2.05) is 24.3 Å². The molecule has 2 heterocycles. The fourth-order valence-corrected chi connectivity index (χ4v) is 3.02. The summed E-state index contributed by atoms with van der Waals surface area (Å²) in [7, 11) is 0. The van der Waals surface area contributed by atoms with Crippen LogP contribution in [-0.4, -0.2) is 21.8 Å². The van der Waals surface area contributed by atoms with Gasteiger partial charge in [-0.25, -0.2) is 4.68 Å². The van der Waals surface area contributed by atoms with Gasteiger partial charge in [0.2, 0.25) is 0 Å². The molecule has 1 unspecified atom stereocenters. The van der Waals surface area contributed by atoms with E-state index in [9.17, 15) is 18.0 Å². The Morgan fingerprint density at radius 2 is 1.89 bits per heavy atom. The van der Waals surface area contributed by atoms with Crippen molar-refractivity contribution in [3.8, 4) is 11.4 Å². The second-order valence-corrected chi connectivity index (χ2v) is 6.45. The van der Waals surface area contributed by atoms with Gasteiger partial charge in [-0.1, -0.05) is 30.3 Å².